The summed E-state index contributed by atoms with van der Waals surface area (Å²) in [6.45, 7) is 9.42. The van der Waals surface area contributed by atoms with Crippen molar-refractivity contribution in [3.8, 4) is 0 Å². The second kappa shape index (κ2) is 21.7. The second-order valence-electron chi connectivity index (χ2n) is 9.80. The molecule has 0 aromatic carbocycles. The first-order chi connectivity index (χ1) is 13.7. The topological polar surface area (TPSA) is 0 Å². The molecule has 0 amide bonds. The van der Waals surface area contributed by atoms with Gasteiger partial charge in [-0.1, -0.05) is 150 Å². The van der Waals surface area contributed by atoms with Gasteiger partial charge in [0, 0.05) is 0 Å². The van der Waals surface area contributed by atoms with Gasteiger partial charge in [0.1, 0.15) is 0 Å². The fourth-order valence-corrected chi connectivity index (χ4v) is 4.92. The average molecular weight is 395 g/mol. The Labute approximate surface area is 181 Å². The summed E-state index contributed by atoms with van der Waals surface area (Å²) in [5, 5.41) is 0. The molecule has 0 radical (unpaired) electrons. The zero-order valence-electron chi connectivity index (χ0n) is 20.8. The van der Waals surface area contributed by atoms with Crippen LogP contribution in [0, 0.1) is 5.41 Å². The summed E-state index contributed by atoms with van der Waals surface area (Å²) in [7, 11) is 0. The van der Waals surface area contributed by atoms with Crippen molar-refractivity contribution in [1.29, 1.82) is 0 Å². The standard InChI is InChI=1S/C28H58/c1-5-9-13-14-15-16-17-18-19-20-21-22-23-27-28(24-10-6-2,25-11-7-3)26-12-8-4/h5-27H2,1-4H3. The van der Waals surface area contributed by atoms with Gasteiger partial charge in [-0.05, 0) is 31.1 Å². The largest absolute Gasteiger partial charge is 0.0654 e. The predicted octanol–water partition coefficient (Wildman–Crippen LogP) is 11.0. The summed E-state index contributed by atoms with van der Waals surface area (Å²) < 4.78 is 0. The third kappa shape index (κ3) is 16.9. The molecule has 0 unspecified atom stereocenters. The molecule has 0 aliphatic rings. The normalized spacial score (nSPS) is 12.0. The third-order valence-electron chi connectivity index (χ3n) is 6.99. The Balaban J connectivity index is 3.84. The minimum absolute atomic E-state index is 0.694. The first kappa shape index (κ1) is 28.0. The SMILES string of the molecule is CCCCCCCCCCCCCCCC(CCCC)(CCCC)CCCC. The Morgan fingerprint density at radius 2 is 0.536 bits per heavy atom. The van der Waals surface area contributed by atoms with Crippen LogP contribution in [0.2, 0.25) is 0 Å². The summed E-state index contributed by atoms with van der Waals surface area (Å²) in [6.07, 6.45) is 33.6. The first-order valence-electron chi connectivity index (χ1n) is 13.7. The van der Waals surface area contributed by atoms with Gasteiger partial charge in [-0.15, -0.1) is 0 Å². The summed E-state index contributed by atoms with van der Waals surface area (Å²) >= 11 is 0. The molecule has 0 aliphatic carbocycles. The molecule has 0 saturated heterocycles. The highest BCUT2D eigenvalue weighted by molar-refractivity contribution is 4.79. The molecule has 0 spiro atoms. The van der Waals surface area contributed by atoms with Crippen molar-refractivity contribution < 1.29 is 0 Å². The molecule has 0 rings (SSSR count). The highest BCUT2D eigenvalue weighted by Gasteiger charge is 2.27. The maximum Gasteiger partial charge on any atom is -0.0297 e. The van der Waals surface area contributed by atoms with Crippen LogP contribution in [0.4, 0.5) is 0 Å². The van der Waals surface area contributed by atoms with Crippen LogP contribution in [0.1, 0.15) is 175 Å². The van der Waals surface area contributed by atoms with Crippen LogP contribution in [0.15, 0.2) is 0 Å². The molecule has 28 heavy (non-hydrogen) atoms. The molecular weight excluding hydrogens is 336 g/mol. The van der Waals surface area contributed by atoms with Crippen LogP contribution in [0.3, 0.4) is 0 Å². The maximum atomic E-state index is 2.37. The Morgan fingerprint density at radius 3 is 0.857 bits per heavy atom. The van der Waals surface area contributed by atoms with Crippen molar-refractivity contribution in [2.75, 3.05) is 0 Å². The first-order valence-corrected chi connectivity index (χ1v) is 13.7. The minimum Gasteiger partial charge on any atom is -0.0654 e. The van der Waals surface area contributed by atoms with Crippen molar-refractivity contribution >= 4 is 0 Å². The Hall–Kier alpha value is 0. The summed E-state index contributed by atoms with van der Waals surface area (Å²) in [6, 6.07) is 0. The Morgan fingerprint density at radius 1 is 0.286 bits per heavy atom. The van der Waals surface area contributed by atoms with Gasteiger partial charge in [-0.3, -0.25) is 0 Å². The van der Waals surface area contributed by atoms with Gasteiger partial charge < -0.3 is 0 Å². The van der Waals surface area contributed by atoms with E-state index >= 15 is 0 Å². The molecule has 0 heteroatoms. The summed E-state index contributed by atoms with van der Waals surface area (Å²) in [5.74, 6) is 0. The van der Waals surface area contributed by atoms with E-state index in [0.717, 1.165) is 0 Å². The highest BCUT2D eigenvalue weighted by atomic mass is 14.3. The molecule has 0 aromatic heterocycles. The van der Waals surface area contributed by atoms with Gasteiger partial charge in [0.15, 0.2) is 0 Å². The fourth-order valence-electron chi connectivity index (χ4n) is 4.92. The van der Waals surface area contributed by atoms with Crippen molar-refractivity contribution in [3.63, 3.8) is 0 Å². The lowest BCUT2D eigenvalue weighted by Crippen LogP contribution is -2.21. The second-order valence-corrected chi connectivity index (χ2v) is 9.80. The Bertz CT molecular complexity index is 258. The minimum atomic E-state index is 0.694. The maximum absolute atomic E-state index is 2.37. The van der Waals surface area contributed by atoms with Gasteiger partial charge in [0.05, 0.1) is 0 Å². The van der Waals surface area contributed by atoms with Gasteiger partial charge in [-0.25, -0.2) is 0 Å². The van der Waals surface area contributed by atoms with Crippen molar-refractivity contribution in [2.45, 2.75) is 175 Å². The Kier molecular flexibility index (Phi) is 21.7. The van der Waals surface area contributed by atoms with E-state index in [-0.39, 0.29) is 0 Å². The summed E-state index contributed by atoms with van der Waals surface area (Å²) in [5.41, 5.74) is 0.694. The molecule has 0 saturated carbocycles. The van der Waals surface area contributed by atoms with Gasteiger partial charge in [-0.2, -0.15) is 0 Å². The predicted molar refractivity (Wildman–Crippen MR) is 131 cm³/mol. The van der Waals surface area contributed by atoms with Crippen LogP contribution in [0.5, 0.6) is 0 Å². The monoisotopic (exact) mass is 394 g/mol. The van der Waals surface area contributed by atoms with Crippen molar-refractivity contribution in [1.82, 2.24) is 0 Å². The number of hydrogen-bond acceptors (Lipinski definition) is 0. The molecule has 0 fully saturated rings. The summed E-state index contributed by atoms with van der Waals surface area (Å²) in [4.78, 5) is 0. The zero-order chi connectivity index (χ0) is 20.8. The van der Waals surface area contributed by atoms with Crippen LogP contribution in [0.25, 0.3) is 0 Å². The molecule has 0 atom stereocenters. The molecule has 0 aromatic rings. The van der Waals surface area contributed by atoms with E-state index in [1.54, 1.807) is 0 Å². The molecule has 0 bridgehead atoms. The van der Waals surface area contributed by atoms with Crippen molar-refractivity contribution in [3.05, 3.63) is 0 Å². The third-order valence-corrected chi connectivity index (χ3v) is 6.99. The fraction of sp³-hybridized carbons (Fsp3) is 1.00. The van der Waals surface area contributed by atoms with Gasteiger partial charge in [0.25, 0.3) is 0 Å². The molecule has 0 aliphatic heterocycles. The van der Waals surface area contributed by atoms with Gasteiger partial charge in [0.2, 0.25) is 0 Å². The number of hydrogen-bond donors (Lipinski definition) is 0. The van der Waals surface area contributed by atoms with Crippen LogP contribution < -0.4 is 0 Å². The van der Waals surface area contributed by atoms with Gasteiger partial charge >= 0.3 is 0 Å². The van der Waals surface area contributed by atoms with Crippen LogP contribution in [-0.2, 0) is 0 Å². The van der Waals surface area contributed by atoms with Crippen molar-refractivity contribution in [2.24, 2.45) is 5.41 Å². The lowest BCUT2D eigenvalue weighted by Gasteiger charge is -2.35. The molecule has 0 nitrogen and oxygen atoms in total. The molecule has 0 N–H and O–H groups in total. The van der Waals surface area contributed by atoms with E-state index in [2.05, 4.69) is 27.7 Å². The number of unbranched alkanes of at least 4 members (excludes halogenated alkanes) is 15. The quantitative estimate of drug-likeness (QED) is 0.151. The smallest absolute Gasteiger partial charge is 0.0297 e. The van der Waals surface area contributed by atoms with E-state index in [1.165, 1.54) is 148 Å². The lowest BCUT2D eigenvalue weighted by atomic mass is 9.71. The lowest BCUT2D eigenvalue weighted by molar-refractivity contribution is 0.175. The van der Waals surface area contributed by atoms with E-state index in [1.807, 2.05) is 0 Å². The molecular formula is C28H58. The van der Waals surface area contributed by atoms with E-state index in [9.17, 15) is 0 Å². The van der Waals surface area contributed by atoms with Crippen LogP contribution >= 0.6 is 0 Å². The van der Waals surface area contributed by atoms with E-state index < -0.39 is 0 Å². The van der Waals surface area contributed by atoms with Crippen LogP contribution in [-0.4, -0.2) is 0 Å². The highest BCUT2D eigenvalue weighted by Crippen LogP contribution is 2.41. The average Bonchev–Trinajstić information content (AvgIpc) is 2.72. The molecule has 0 heterocycles. The number of rotatable bonds is 23. The zero-order valence-corrected chi connectivity index (χ0v) is 20.8. The molecule has 170 valence electrons. The van der Waals surface area contributed by atoms with E-state index in [0.29, 0.717) is 5.41 Å². The van der Waals surface area contributed by atoms with E-state index in [4.69, 9.17) is 0 Å².